The molecule has 1 N–H and O–H groups in total. The molecule has 4 rings (SSSR count). The zero-order chi connectivity index (χ0) is 25.2. The molecule has 11 heteroatoms. The molecule has 3 aromatic rings. The zero-order valence-corrected chi connectivity index (χ0v) is 20.7. The zero-order valence-electron chi connectivity index (χ0n) is 19.0. The van der Waals surface area contributed by atoms with E-state index >= 15 is 0 Å². The van der Waals surface area contributed by atoms with Crippen molar-refractivity contribution in [2.45, 2.75) is 24.3 Å². The van der Waals surface area contributed by atoms with Crippen LogP contribution in [0.3, 0.4) is 0 Å². The van der Waals surface area contributed by atoms with Crippen LogP contribution >= 0.6 is 0 Å². The van der Waals surface area contributed by atoms with Gasteiger partial charge in [-0.25, -0.2) is 12.8 Å². The molecular formula is C24H24FN3O5S2. The first-order chi connectivity index (χ1) is 16.6. The Morgan fingerprint density at radius 1 is 1.03 bits per heavy atom. The fourth-order valence-electron chi connectivity index (χ4n) is 3.69. The van der Waals surface area contributed by atoms with Gasteiger partial charge in [-0.3, -0.25) is 4.72 Å². The lowest BCUT2D eigenvalue weighted by Gasteiger charge is -2.23. The average Bonchev–Trinajstić information content (AvgIpc) is 3.31. The Labute approximate surface area is 204 Å². The maximum Gasteiger partial charge on any atom is 0.279 e. The van der Waals surface area contributed by atoms with Crippen LogP contribution < -0.4 is 9.46 Å². The van der Waals surface area contributed by atoms with Gasteiger partial charge in [0.25, 0.3) is 10.0 Å². The van der Waals surface area contributed by atoms with Gasteiger partial charge in [-0.1, -0.05) is 24.3 Å². The van der Waals surface area contributed by atoms with Gasteiger partial charge in [0.2, 0.25) is 10.0 Å². The first-order valence-corrected chi connectivity index (χ1v) is 13.8. The fourth-order valence-corrected chi connectivity index (χ4v) is 5.75. The van der Waals surface area contributed by atoms with Crippen molar-refractivity contribution in [1.82, 2.24) is 4.41 Å². The van der Waals surface area contributed by atoms with Crippen LogP contribution in [0.25, 0.3) is 0 Å². The minimum Gasteiger partial charge on any atom is -0.497 e. The van der Waals surface area contributed by atoms with E-state index in [4.69, 9.17) is 4.74 Å². The maximum absolute atomic E-state index is 13.5. The van der Waals surface area contributed by atoms with E-state index in [0.29, 0.717) is 28.3 Å². The molecule has 8 nitrogen and oxygen atoms in total. The lowest BCUT2D eigenvalue weighted by atomic mass is 9.99. The number of nitrogens with zero attached hydrogens (tertiary/aromatic N) is 2. The molecular weight excluding hydrogens is 493 g/mol. The minimum atomic E-state index is -4.12. The van der Waals surface area contributed by atoms with Gasteiger partial charge in [-0.2, -0.15) is 17.9 Å². The number of nitrogens with one attached hydrogen (secondary N) is 1. The van der Waals surface area contributed by atoms with E-state index in [1.54, 1.807) is 48.5 Å². The van der Waals surface area contributed by atoms with Gasteiger partial charge in [0.1, 0.15) is 11.6 Å². The minimum absolute atomic E-state index is 0.0819. The van der Waals surface area contributed by atoms with Crippen LogP contribution in [0.4, 0.5) is 10.1 Å². The molecule has 1 atom stereocenters. The second kappa shape index (κ2) is 9.67. The topological polar surface area (TPSA) is 105 Å². The van der Waals surface area contributed by atoms with Crippen LogP contribution in [-0.2, 0) is 20.0 Å². The largest absolute Gasteiger partial charge is 0.497 e. The third kappa shape index (κ3) is 5.30. The summed E-state index contributed by atoms with van der Waals surface area (Å²) >= 11 is 0. The van der Waals surface area contributed by atoms with Crippen LogP contribution in [0.5, 0.6) is 5.75 Å². The lowest BCUT2D eigenvalue weighted by molar-refractivity contribution is 0.370. The van der Waals surface area contributed by atoms with Crippen LogP contribution in [0.1, 0.15) is 30.5 Å². The van der Waals surface area contributed by atoms with Gasteiger partial charge >= 0.3 is 0 Å². The highest BCUT2D eigenvalue weighted by Crippen LogP contribution is 2.38. The van der Waals surface area contributed by atoms with Gasteiger partial charge in [0, 0.05) is 12.1 Å². The monoisotopic (exact) mass is 517 g/mol. The van der Waals surface area contributed by atoms with E-state index in [2.05, 4.69) is 9.82 Å². The van der Waals surface area contributed by atoms with Crippen molar-refractivity contribution in [2.24, 2.45) is 5.10 Å². The number of methoxy groups -OCH3 is 1. The number of hydrogen-bond donors (Lipinski definition) is 1. The molecule has 1 heterocycles. The Morgan fingerprint density at radius 2 is 1.71 bits per heavy atom. The van der Waals surface area contributed by atoms with Crippen molar-refractivity contribution >= 4 is 31.4 Å². The van der Waals surface area contributed by atoms with Crippen molar-refractivity contribution in [2.75, 3.05) is 17.6 Å². The maximum atomic E-state index is 13.5. The Balaban J connectivity index is 1.76. The number of hydrogen-bond acceptors (Lipinski definition) is 6. The summed E-state index contributed by atoms with van der Waals surface area (Å²) in [5.74, 6) is -0.00846. The van der Waals surface area contributed by atoms with Crippen LogP contribution in [0.15, 0.2) is 82.8 Å². The van der Waals surface area contributed by atoms with E-state index in [9.17, 15) is 21.2 Å². The van der Waals surface area contributed by atoms with Gasteiger partial charge < -0.3 is 4.74 Å². The molecule has 0 bridgehead atoms. The summed E-state index contributed by atoms with van der Waals surface area (Å²) in [6.45, 7) is 1.53. The molecule has 1 aliphatic rings. The second-order valence-corrected chi connectivity index (χ2v) is 11.7. The molecule has 0 fully saturated rings. The molecule has 0 aromatic heterocycles. The normalized spacial score (nSPS) is 16.1. The SMILES string of the molecule is CCS(=O)(=O)Nc1cccc(C2=NN(S(=O)(=O)c3ccc(F)cc3)[C@@H](c3ccc(OC)cc3)C2)c1. The lowest BCUT2D eigenvalue weighted by Crippen LogP contribution is -2.27. The number of benzene rings is 3. The highest BCUT2D eigenvalue weighted by molar-refractivity contribution is 7.92. The molecule has 1 aliphatic heterocycles. The van der Waals surface area contributed by atoms with Crippen molar-refractivity contribution in [3.05, 3.63) is 89.7 Å². The molecule has 0 saturated carbocycles. The summed E-state index contributed by atoms with van der Waals surface area (Å²) < 4.78 is 73.1. The smallest absolute Gasteiger partial charge is 0.279 e. The number of ether oxygens (including phenoxy) is 1. The summed E-state index contributed by atoms with van der Waals surface area (Å²) in [5.41, 5.74) is 2.09. The summed E-state index contributed by atoms with van der Waals surface area (Å²) in [6, 6.07) is 17.5. The Hall–Kier alpha value is -3.44. The van der Waals surface area contributed by atoms with Gasteiger partial charge in [0.15, 0.2) is 0 Å². The van der Waals surface area contributed by atoms with Gasteiger partial charge in [0.05, 0.1) is 29.5 Å². The molecule has 184 valence electrons. The average molecular weight is 518 g/mol. The first kappa shape index (κ1) is 24.7. The predicted octanol–water partition coefficient (Wildman–Crippen LogP) is 4.14. The Kier molecular flexibility index (Phi) is 6.82. The summed E-state index contributed by atoms with van der Waals surface area (Å²) in [6.07, 6.45) is 0.247. The number of halogens is 1. The number of hydrazone groups is 1. The number of anilines is 1. The van der Waals surface area contributed by atoms with E-state index in [1.165, 1.54) is 26.2 Å². The van der Waals surface area contributed by atoms with Gasteiger partial charge in [-0.15, -0.1) is 0 Å². The van der Waals surface area contributed by atoms with Crippen LogP contribution in [-0.4, -0.2) is 39.8 Å². The molecule has 0 spiro atoms. The number of rotatable bonds is 8. The number of sulfonamides is 2. The summed E-state index contributed by atoms with van der Waals surface area (Å²) in [7, 11) is -6.06. The van der Waals surface area contributed by atoms with E-state index in [-0.39, 0.29) is 17.1 Å². The molecule has 0 unspecified atom stereocenters. The Morgan fingerprint density at radius 3 is 2.34 bits per heavy atom. The first-order valence-electron chi connectivity index (χ1n) is 10.8. The van der Waals surface area contributed by atoms with Crippen molar-refractivity contribution < 1.29 is 26.0 Å². The van der Waals surface area contributed by atoms with Crippen molar-refractivity contribution in [3.8, 4) is 5.75 Å². The second-order valence-electron chi connectivity index (χ2n) is 7.86. The standard InChI is InChI=1S/C24H24FN3O5S2/c1-3-34(29,30)27-20-6-4-5-18(15-20)23-16-24(17-7-11-21(33-2)12-8-17)28(26-23)35(31,32)22-13-9-19(25)10-14-22/h4-15,24,27H,3,16H2,1-2H3/t24-/m1/s1. The fraction of sp³-hybridized carbons (Fsp3) is 0.208. The molecule has 3 aromatic carbocycles. The quantitative estimate of drug-likeness (QED) is 0.484. The molecule has 0 radical (unpaired) electrons. The third-order valence-electron chi connectivity index (χ3n) is 5.58. The van der Waals surface area contributed by atoms with E-state index < -0.39 is 31.9 Å². The molecule has 0 saturated heterocycles. The predicted molar refractivity (Wildman–Crippen MR) is 132 cm³/mol. The summed E-state index contributed by atoms with van der Waals surface area (Å²) in [5, 5.41) is 4.45. The third-order valence-corrected chi connectivity index (χ3v) is 8.58. The van der Waals surface area contributed by atoms with Gasteiger partial charge in [-0.05, 0) is 66.6 Å². The van der Waals surface area contributed by atoms with Crippen LogP contribution in [0.2, 0.25) is 0 Å². The van der Waals surface area contributed by atoms with Crippen LogP contribution in [0, 0.1) is 5.82 Å². The summed E-state index contributed by atoms with van der Waals surface area (Å²) in [4.78, 5) is -0.0909. The molecule has 35 heavy (non-hydrogen) atoms. The molecule has 0 aliphatic carbocycles. The van der Waals surface area contributed by atoms with Crippen molar-refractivity contribution in [3.63, 3.8) is 0 Å². The highest BCUT2D eigenvalue weighted by Gasteiger charge is 2.37. The molecule has 0 amide bonds. The Bertz CT molecular complexity index is 1460. The van der Waals surface area contributed by atoms with E-state index in [1.807, 2.05) is 0 Å². The highest BCUT2D eigenvalue weighted by atomic mass is 32.2. The van der Waals surface area contributed by atoms with E-state index in [0.717, 1.165) is 16.5 Å². The van der Waals surface area contributed by atoms with Crippen molar-refractivity contribution in [1.29, 1.82) is 0 Å².